The summed E-state index contributed by atoms with van der Waals surface area (Å²) in [6.07, 6.45) is 2.82. The zero-order chi connectivity index (χ0) is 12.8. The van der Waals surface area contributed by atoms with Crippen molar-refractivity contribution in [3.63, 3.8) is 0 Å². The van der Waals surface area contributed by atoms with Gasteiger partial charge < -0.3 is 4.74 Å². The Labute approximate surface area is 106 Å². The van der Waals surface area contributed by atoms with Crippen molar-refractivity contribution >= 4 is 11.8 Å². The molecule has 0 aliphatic carbocycles. The number of pyridine rings is 1. The number of hydrogen-bond acceptors (Lipinski definition) is 3. The molecule has 1 aromatic carbocycles. The van der Waals surface area contributed by atoms with Crippen molar-refractivity contribution in [2.45, 2.75) is 13.5 Å². The van der Waals surface area contributed by atoms with Gasteiger partial charge >= 0.3 is 6.09 Å². The highest BCUT2D eigenvalue weighted by Crippen LogP contribution is 2.08. The molecule has 0 atom stereocenters. The van der Waals surface area contributed by atoms with Crippen molar-refractivity contribution in [1.82, 2.24) is 4.98 Å². The van der Waals surface area contributed by atoms with E-state index >= 15 is 0 Å². The van der Waals surface area contributed by atoms with Crippen LogP contribution in [0.15, 0.2) is 48.8 Å². The SMILES string of the molecule is Cc1cncc(NC(=O)OCc2ccccc2)c1. The van der Waals surface area contributed by atoms with Crippen LogP contribution in [-0.2, 0) is 11.3 Å². The fourth-order valence-corrected chi connectivity index (χ4v) is 1.50. The number of amides is 1. The van der Waals surface area contributed by atoms with Crippen LogP contribution in [0.25, 0.3) is 0 Å². The van der Waals surface area contributed by atoms with Gasteiger partial charge in [0.2, 0.25) is 0 Å². The van der Waals surface area contributed by atoms with Gasteiger partial charge in [0, 0.05) is 6.20 Å². The second-order valence-electron chi connectivity index (χ2n) is 3.94. The minimum Gasteiger partial charge on any atom is -0.444 e. The predicted molar refractivity (Wildman–Crippen MR) is 69.2 cm³/mol. The summed E-state index contributed by atoms with van der Waals surface area (Å²) in [6, 6.07) is 11.4. The summed E-state index contributed by atoms with van der Waals surface area (Å²) >= 11 is 0. The number of carbonyl (C=O) groups is 1. The van der Waals surface area contributed by atoms with Crippen LogP contribution in [0.1, 0.15) is 11.1 Å². The topological polar surface area (TPSA) is 51.2 Å². The highest BCUT2D eigenvalue weighted by Gasteiger charge is 2.03. The van der Waals surface area contributed by atoms with Gasteiger partial charge in [-0.05, 0) is 24.1 Å². The van der Waals surface area contributed by atoms with E-state index in [1.54, 1.807) is 12.4 Å². The number of benzene rings is 1. The molecule has 1 heterocycles. The summed E-state index contributed by atoms with van der Waals surface area (Å²) in [5.41, 5.74) is 2.57. The Morgan fingerprint density at radius 1 is 1.28 bits per heavy atom. The second-order valence-corrected chi connectivity index (χ2v) is 3.94. The van der Waals surface area contributed by atoms with Gasteiger partial charge in [0.25, 0.3) is 0 Å². The third-order valence-electron chi connectivity index (χ3n) is 2.33. The molecule has 0 aliphatic heterocycles. The molecule has 4 nitrogen and oxygen atoms in total. The number of aromatic nitrogens is 1. The van der Waals surface area contributed by atoms with E-state index in [-0.39, 0.29) is 6.61 Å². The maximum absolute atomic E-state index is 11.5. The third-order valence-corrected chi connectivity index (χ3v) is 2.33. The van der Waals surface area contributed by atoms with E-state index in [0.29, 0.717) is 5.69 Å². The van der Waals surface area contributed by atoms with E-state index < -0.39 is 6.09 Å². The largest absolute Gasteiger partial charge is 0.444 e. The lowest BCUT2D eigenvalue weighted by atomic mass is 10.2. The first kappa shape index (κ1) is 12.1. The van der Waals surface area contributed by atoms with Crippen LogP contribution in [0.2, 0.25) is 0 Å². The van der Waals surface area contributed by atoms with Gasteiger partial charge in [-0.15, -0.1) is 0 Å². The van der Waals surface area contributed by atoms with Crippen LogP contribution >= 0.6 is 0 Å². The number of ether oxygens (including phenoxy) is 1. The number of rotatable bonds is 3. The molecule has 0 unspecified atom stereocenters. The van der Waals surface area contributed by atoms with Crippen molar-refractivity contribution in [1.29, 1.82) is 0 Å². The summed E-state index contributed by atoms with van der Waals surface area (Å²) in [5.74, 6) is 0. The van der Waals surface area contributed by atoms with Crippen LogP contribution in [0.3, 0.4) is 0 Å². The first-order valence-electron chi connectivity index (χ1n) is 5.63. The Bertz CT molecular complexity index is 526. The van der Waals surface area contributed by atoms with Crippen molar-refractivity contribution in [2.75, 3.05) is 5.32 Å². The molecular formula is C14H14N2O2. The maximum atomic E-state index is 11.5. The molecule has 1 N–H and O–H groups in total. The minimum atomic E-state index is -0.480. The molecule has 1 amide bonds. The average molecular weight is 242 g/mol. The Hall–Kier alpha value is -2.36. The normalized spacial score (nSPS) is 9.83. The predicted octanol–water partition coefficient (Wildman–Crippen LogP) is 3.14. The quantitative estimate of drug-likeness (QED) is 0.899. The summed E-state index contributed by atoms with van der Waals surface area (Å²) in [4.78, 5) is 15.5. The minimum absolute atomic E-state index is 0.256. The van der Waals surface area contributed by atoms with Gasteiger partial charge in [0.15, 0.2) is 0 Å². The zero-order valence-electron chi connectivity index (χ0n) is 10.1. The summed E-state index contributed by atoms with van der Waals surface area (Å²) in [5, 5.41) is 2.63. The maximum Gasteiger partial charge on any atom is 0.412 e. The van der Waals surface area contributed by atoms with E-state index in [2.05, 4.69) is 10.3 Å². The van der Waals surface area contributed by atoms with Crippen molar-refractivity contribution in [3.05, 3.63) is 59.9 Å². The van der Waals surface area contributed by atoms with Gasteiger partial charge in [-0.2, -0.15) is 0 Å². The molecule has 1 aromatic heterocycles. The van der Waals surface area contributed by atoms with E-state index in [9.17, 15) is 4.79 Å². The van der Waals surface area contributed by atoms with Gasteiger partial charge in [0.05, 0.1) is 11.9 Å². The van der Waals surface area contributed by atoms with E-state index in [1.165, 1.54) is 0 Å². The molecular weight excluding hydrogens is 228 g/mol. The number of carbonyl (C=O) groups excluding carboxylic acids is 1. The van der Waals surface area contributed by atoms with Crippen LogP contribution in [-0.4, -0.2) is 11.1 Å². The Morgan fingerprint density at radius 2 is 2.06 bits per heavy atom. The Morgan fingerprint density at radius 3 is 2.78 bits per heavy atom. The fourth-order valence-electron chi connectivity index (χ4n) is 1.50. The molecule has 0 spiro atoms. The average Bonchev–Trinajstić information content (AvgIpc) is 2.38. The van der Waals surface area contributed by atoms with Crippen molar-refractivity contribution in [2.24, 2.45) is 0 Å². The van der Waals surface area contributed by atoms with E-state index in [0.717, 1.165) is 11.1 Å². The molecule has 0 aliphatic rings. The third kappa shape index (κ3) is 3.59. The number of hydrogen-bond donors (Lipinski definition) is 1. The molecule has 0 radical (unpaired) electrons. The van der Waals surface area contributed by atoms with Gasteiger partial charge in [-0.25, -0.2) is 4.79 Å². The molecule has 2 rings (SSSR count). The lowest BCUT2D eigenvalue weighted by Gasteiger charge is -2.07. The molecule has 0 fully saturated rings. The smallest absolute Gasteiger partial charge is 0.412 e. The molecule has 92 valence electrons. The van der Waals surface area contributed by atoms with Gasteiger partial charge in [-0.3, -0.25) is 10.3 Å². The standard InChI is InChI=1S/C14H14N2O2/c1-11-7-13(9-15-8-11)16-14(17)18-10-12-5-3-2-4-6-12/h2-9H,10H2,1H3,(H,16,17). The van der Waals surface area contributed by atoms with Crippen LogP contribution in [0.4, 0.5) is 10.5 Å². The highest BCUT2D eigenvalue weighted by molar-refractivity contribution is 5.84. The first-order valence-corrected chi connectivity index (χ1v) is 5.63. The Kier molecular flexibility index (Phi) is 3.91. The van der Waals surface area contributed by atoms with Gasteiger partial charge in [0.1, 0.15) is 6.61 Å². The monoisotopic (exact) mass is 242 g/mol. The van der Waals surface area contributed by atoms with Crippen LogP contribution in [0.5, 0.6) is 0 Å². The molecule has 18 heavy (non-hydrogen) atoms. The molecule has 0 saturated heterocycles. The molecule has 4 heteroatoms. The zero-order valence-corrected chi connectivity index (χ0v) is 10.1. The summed E-state index contributed by atoms with van der Waals surface area (Å²) < 4.78 is 5.09. The number of nitrogens with zero attached hydrogens (tertiary/aromatic N) is 1. The van der Waals surface area contributed by atoms with Crippen LogP contribution in [0, 0.1) is 6.92 Å². The highest BCUT2D eigenvalue weighted by atomic mass is 16.5. The van der Waals surface area contributed by atoms with Crippen molar-refractivity contribution < 1.29 is 9.53 Å². The fraction of sp³-hybridized carbons (Fsp3) is 0.143. The van der Waals surface area contributed by atoms with E-state index in [1.807, 2.05) is 43.3 Å². The first-order chi connectivity index (χ1) is 8.74. The number of nitrogens with one attached hydrogen (secondary N) is 1. The molecule has 0 saturated carbocycles. The lowest BCUT2D eigenvalue weighted by Crippen LogP contribution is -2.13. The van der Waals surface area contributed by atoms with E-state index in [4.69, 9.17) is 4.74 Å². The summed E-state index contributed by atoms with van der Waals surface area (Å²) in [7, 11) is 0. The second kappa shape index (κ2) is 5.82. The lowest BCUT2D eigenvalue weighted by molar-refractivity contribution is 0.155. The summed E-state index contributed by atoms with van der Waals surface area (Å²) in [6.45, 7) is 2.17. The molecule has 0 bridgehead atoms. The van der Waals surface area contributed by atoms with Crippen molar-refractivity contribution in [3.8, 4) is 0 Å². The Balaban J connectivity index is 1.86. The van der Waals surface area contributed by atoms with Gasteiger partial charge in [-0.1, -0.05) is 30.3 Å². The number of anilines is 1. The number of aryl methyl sites for hydroxylation is 1. The van der Waals surface area contributed by atoms with Crippen LogP contribution < -0.4 is 5.32 Å². The molecule has 2 aromatic rings.